The lowest BCUT2D eigenvalue weighted by Gasteiger charge is -2.43. The van der Waals surface area contributed by atoms with Gasteiger partial charge in [-0.15, -0.1) is 0 Å². The number of piperidine rings is 1. The fourth-order valence-electron chi connectivity index (χ4n) is 6.59. The van der Waals surface area contributed by atoms with Gasteiger partial charge in [-0.25, -0.2) is 14.0 Å². The maximum absolute atomic E-state index is 12.6. The van der Waals surface area contributed by atoms with E-state index in [9.17, 15) is 9.00 Å². The lowest BCUT2D eigenvalue weighted by atomic mass is 10.0. The Labute approximate surface area is 307 Å². The van der Waals surface area contributed by atoms with Crippen LogP contribution in [0.2, 0.25) is 5.02 Å². The SMILES string of the molecule is COc1cc(N2CCC(N3CCN(C(=O)OCc4ccccc4)CC3)CC2)c(C)cc1Nc1ncc(Cl)c(Nc2ccccc2N(C)S(C)=O)n1. The molecular weight excluding hydrogens is 688 g/mol. The van der Waals surface area contributed by atoms with Crippen molar-refractivity contribution >= 4 is 63.2 Å². The second-order valence-electron chi connectivity index (χ2n) is 12.7. The molecule has 14 heteroatoms. The van der Waals surface area contributed by atoms with E-state index in [1.165, 1.54) is 0 Å². The number of carbonyl (C=O) groups is 1. The number of anilines is 6. The highest BCUT2D eigenvalue weighted by Gasteiger charge is 2.30. The van der Waals surface area contributed by atoms with E-state index >= 15 is 0 Å². The highest BCUT2D eigenvalue weighted by molar-refractivity contribution is 7.85. The predicted molar refractivity (Wildman–Crippen MR) is 205 cm³/mol. The van der Waals surface area contributed by atoms with Crippen LogP contribution in [-0.4, -0.2) is 95.8 Å². The second kappa shape index (κ2) is 16.6. The molecule has 0 bridgehead atoms. The first-order valence-electron chi connectivity index (χ1n) is 17.1. The number of nitrogens with one attached hydrogen (secondary N) is 2. The number of aryl methyl sites for hydroxylation is 1. The summed E-state index contributed by atoms with van der Waals surface area (Å²) < 4.78 is 25.2. The smallest absolute Gasteiger partial charge is 0.410 e. The standard InChI is InChI=1S/C37H45ClN8O4S/c1-26-22-31(41-36-39-24-29(38)35(42-36)40-30-12-8-9-13-32(30)43(2)51(4)48)34(49-3)23-33(26)45-16-14-28(15-17-45)44-18-20-46(21-19-44)37(47)50-25-27-10-6-5-7-11-27/h5-13,22-24,28H,14-21,25H2,1-4H3,(H2,39,40,41,42). The average Bonchev–Trinajstić information content (AvgIpc) is 3.16. The summed E-state index contributed by atoms with van der Waals surface area (Å²) in [6.07, 6.45) is 5.01. The maximum Gasteiger partial charge on any atom is 0.410 e. The molecule has 0 spiro atoms. The Bertz CT molecular complexity index is 1840. The number of methoxy groups -OCH3 is 1. The molecular formula is C37H45ClN8O4S. The molecule has 0 aliphatic carbocycles. The van der Waals surface area contributed by atoms with Crippen LogP contribution in [0.5, 0.6) is 5.75 Å². The van der Waals surface area contributed by atoms with Crippen LogP contribution in [0, 0.1) is 6.92 Å². The van der Waals surface area contributed by atoms with Gasteiger partial charge in [-0.3, -0.25) is 9.21 Å². The molecule has 3 aromatic carbocycles. The first-order chi connectivity index (χ1) is 24.7. The first kappa shape index (κ1) is 36.2. The van der Waals surface area contributed by atoms with Crippen molar-refractivity contribution in [1.82, 2.24) is 19.8 Å². The molecule has 4 aromatic rings. The molecule has 1 atom stereocenters. The van der Waals surface area contributed by atoms with Gasteiger partial charge in [-0.2, -0.15) is 4.98 Å². The number of hydrogen-bond donors (Lipinski definition) is 2. The zero-order valence-electron chi connectivity index (χ0n) is 29.5. The minimum Gasteiger partial charge on any atom is -0.494 e. The molecule has 51 heavy (non-hydrogen) atoms. The molecule has 1 amide bonds. The van der Waals surface area contributed by atoms with Gasteiger partial charge in [0.2, 0.25) is 5.95 Å². The quantitative estimate of drug-likeness (QED) is 0.175. The summed E-state index contributed by atoms with van der Waals surface area (Å²) in [5, 5.41) is 6.94. The molecule has 2 N–H and O–H groups in total. The number of nitrogens with zero attached hydrogens (tertiary/aromatic N) is 6. The Morgan fingerprint density at radius 1 is 0.980 bits per heavy atom. The van der Waals surface area contributed by atoms with E-state index in [2.05, 4.69) is 49.5 Å². The number of ether oxygens (including phenoxy) is 2. The van der Waals surface area contributed by atoms with Crippen LogP contribution in [0.25, 0.3) is 0 Å². The van der Waals surface area contributed by atoms with E-state index < -0.39 is 11.0 Å². The van der Waals surface area contributed by atoms with Crippen molar-refractivity contribution in [3.8, 4) is 5.75 Å². The van der Waals surface area contributed by atoms with Crippen molar-refractivity contribution in [2.75, 3.05) is 79.5 Å². The van der Waals surface area contributed by atoms with Crippen molar-refractivity contribution in [2.45, 2.75) is 32.4 Å². The number of amides is 1. The van der Waals surface area contributed by atoms with E-state index in [4.69, 9.17) is 21.1 Å². The van der Waals surface area contributed by atoms with Crippen LogP contribution in [0.1, 0.15) is 24.0 Å². The van der Waals surface area contributed by atoms with Gasteiger partial charge in [0.15, 0.2) is 5.82 Å². The third kappa shape index (κ3) is 8.84. The van der Waals surface area contributed by atoms with Crippen molar-refractivity contribution < 1.29 is 18.5 Å². The summed E-state index contributed by atoms with van der Waals surface area (Å²) in [4.78, 5) is 28.5. The normalized spacial score (nSPS) is 16.0. The minimum atomic E-state index is -1.21. The summed E-state index contributed by atoms with van der Waals surface area (Å²) in [6.45, 7) is 7.32. The van der Waals surface area contributed by atoms with Gasteiger partial charge in [-0.1, -0.05) is 54.1 Å². The Balaban J connectivity index is 1.05. The van der Waals surface area contributed by atoms with Gasteiger partial charge in [0.25, 0.3) is 0 Å². The van der Waals surface area contributed by atoms with Crippen molar-refractivity contribution in [2.24, 2.45) is 0 Å². The van der Waals surface area contributed by atoms with Crippen LogP contribution in [-0.2, 0) is 22.3 Å². The number of aromatic nitrogens is 2. The molecule has 0 saturated carbocycles. The number of carbonyl (C=O) groups excluding carboxylic acids is 1. The van der Waals surface area contributed by atoms with Crippen molar-refractivity contribution in [3.05, 3.63) is 89.1 Å². The van der Waals surface area contributed by atoms with Crippen LogP contribution in [0.3, 0.4) is 0 Å². The molecule has 12 nitrogen and oxygen atoms in total. The molecule has 1 unspecified atom stereocenters. The summed E-state index contributed by atoms with van der Waals surface area (Å²) >= 11 is 6.50. The largest absolute Gasteiger partial charge is 0.494 e. The number of rotatable bonds is 11. The average molecular weight is 733 g/mol. The molecule has 270 valence electrons. The highest BCUT2D eigenvalue weighted by Crippen LogP contribution is 2.37. The fraction of sp³-hybridized carbons (Fsp3) is 0.378. The van der Waals surface area contributed by atoms with Crippen LogP contribution < -0.4 is 24.6 Å². The number of benzene rings is 3. The van der Waals surface area contributed by atoms with Crippen molar-refractivity contribution in [1.29, 1.82) is 0 Å². The fourth-order valence-corrected chi connectivity index (χ4v) is 7.17. The van der Waals surface area contributed by atoms with Gasteiger partial charge in [-0.05, 0) is 49.1 Å². The van der Waals surface area contributed by atoms with Crippen LogP contribution in [0.15, 0.2) is 72.9 Å². The van der Waals surface area contributed by atoms with E-state index in [0.717, 1.165) is 67.2 Å². The Kier molecular flexibility index (Phi) is 11.8. The summed E-state index contributed by atoms with van der Waals surface area (Å²) in [5.74, 6) is 1.44. The second-order valence-corrected chi connectivity index (χ2v) is 14.5. The Morgan fingerprint density at radius 3 is 2.39 bits per heavy atom. The van der Waals surface area contributed by atoms with E-state index in [1.807, 2.05) is 59.5 Å². The summed E-state index contributed by atoms with van der Waals surface area (Å²) in [6, 6.07) is 21.9. The Hall–Kier alpha value is -4.59. The zero-order valence-corrected chi connectivity index (χ0v) is 31.0. The van der Waals surface area contributed by atoms with E-state index in [0.29, 0.717) is 54.0 Å². The molecule has 2 aliphatic heterocycles. The van der Waals surface area contributed by atoms with E-state index in [-0.39, 0.29) is 6.09 Å². The number of para-hydroxylation sites is 2. The lowest BCUT2D eigenvalue weighted by molar-refractivity contribution is 0.0554. The highest BCUT2D eigenvalue weighted by atomic mass is 35.5. The van der Waals surface area contributed by atoms with Gasteiger partial charge in [0, 0.05) is 70.4 Å². The topological polar surface area (TPSA) is 115 Å². The maximum atomic E-state index is 12.6. The predicted octanol–water partition coefficient (Wildman–Crippen LogP) is 6.59. The molecule has 3 heterocycles. The molecule has 6 rings (SSSR count). The van der Waals surface area contributed by atoms with Crippen LogP contribution >= 0.6 is 11.6 Å². The van der Waals surface area contributed by atoms with E-state index in [1.54, 1.807) is 30.9 Å². The van der Waals surface area contributed by atoms with Gasteiger partial charge in [0.05, 0.1) is 30.4 Å². The third-order valence-electron chi connectivity index (χ3n) is 9.49. The number of halogens is 1. The summed E-state index contributed by atoms with van der Waals surface area (Å²) in [7, 11) is 2.22. The third-order valence-corrected chi connectivity index (χ3v) is 10.7. The van der Waals surface area contributed by atoms with Gasteiger partial charge in [0.1, 0.15) is 28.4 Å². The van der Waals surface area contributed by atoms with Crippen LogP contribution in [0.4, 0.5) is 39.3 Å². The minimum absolute atomic E-state index is 0.239. The molecule has 2 aliphatic rings. The monoisotopic (exact) mass is 732 g/mol. The van der Waals surface area contributed by atoms with Crippen molar-refractivity contribution in [3.63, 3.8) is 0 Å². The zero-order chi connectivity index (χ0) is 35.9. The Morgan fingerprint density at radius 2 is 1.69 bits per heavy atom. The molecule has 1 aromatic heterocycles. The van der Waals surface area contributed by atoms with Gasteiger partial charge < -0.3 is 29.9 Å². The number of hydrogen-bond acceptors (Lipinski definition) is 10. The van der Waals surface area contributed by atoms with Gasteiger partial charge >= 0.3 is 6.09 Å². The first-order valence-corrected chi connectivity index (χ1v) is 19.0. The lowest BCUT2D eigenvalue weighted by Crippen LogP contribution is -2.54. The molecule has 2 saturated heterocycles. The molecule has 0 radical (unpaired) electrons. The molecule has 2 fully saturated rings. The summed E-state index contributed by atoms with van der Waals surface area (Å²) in [5.41, 5.74) is 5.44. The number of piperazine rings is 1.